The fourth-order valence-corrected chi connectivity index (χ4v) is 22.0. The lowest BCUT2D eigenvalue weighted by atomic mass is 9.87. The average Bonchev–Trinajstić information content (AvgIpc) is 0.764. The summed E-state index contributed by atoms with van der Waals surface area (Å²) >= 11 is 0. The first-order valence-corrected chi connectivity index (χ1v) is 43.1. The molecular weight excluding hydrogens is 1380 g/mol. The summed E-state index contributed by atoms with van der Waals surface area (Å²) < 4.78 is 0. The van der Waals surface area contributed by atoms with E-state index < -0.39 is 0 Å². The van der Waals surface area contributed by atoms with Crippen LogP contribution in [-0.2, 0) is 71.7 Å². The highest BCUT2D eigenvalue weighted by Crippen LogP contribution is 2.42. The Kier molecular flexibility index (Phi) is 25.8. The zero-order valence-corrected chi connectivity index (χ0v) is 68.7. The van der Waals surface area contributed by atoms with Gasteiger partial charge >= 0.3 is 0 Å². The predicted octanol–water partition coefficient (Wildman–Crippen LogP) is 29.1. The van der Waals surface area contributed by atoms with Gasteiger partial charge < -0.3 is 0 Å². The maximum atomic E-state index is 2.38. The van der Waals surface area contributed by atoms with Crippen molar-refractivity contribution in [1.82, 2.24) is 0 Å². The number of benzene rings is 15. The molecule has 0 unspecified atom stereocenters. The number of hydrogen-bond acceptors (Lipinski definition) is 0. The van der Waals surface area contributed by atoms with Gasteiger partial charge in [0, 0.05) is 16.8 Å². The SMILES string of the molecule is CC(C)(C)c1ccc([S+](c2ccc(C(C)(C)C)cc2)c2ccc(C(C)(C)C)cc2)cc1.CC(C)(C)c1ccc([S+](c2ccccc2)c2ccccc2)cc1.CCCCc1ccc([S+](c2ccccc2)c2ccccc2)cc1.c1ccc2cc([S+](c3cccc4ccccc34)c3cccc4ccccc34)ccc2c1. The molecule has 0 aliphatic carbocycles. The van der Waals surface area contributed by atoms with Gasteiger partial charge in [-0.15, -0.1) is 0 Å². The Morgan fingerprint density at radius 1 is 0.204 bits per heavy atom. The molecule has 15 rings (SSSR count). The molecule has 0 aliphatic rings. The Balaban J connectivity index is 0.000000136. The van der Waals surface area contributed by atoms with E-state index in [4.69, 9.17) is 0 Å². The number of aryl methyl sites for hydroxylation is 1. The van der Waals surface area contributed by atoms with Crippen LogP contribution in [-0.4, -0.2) is 0 Å². The van der Waals surface area contributed by atoms with Crippen LogP contribution in [0, 0.1) is 0 Å². The topological polar surface area (TPSA) is 0 Å². The quantitative estimate of drug-likeness (QED) is 0.0898. The lowest BCUT2D eigenvalue weighted by molar-refractivity contribution is 0.589. The van der Waals surface area contributed by atoms with Gasteiger partial charge in [-0.3, -0.25) is 0 Å². The van der Waals surface area contributed by atoms with Gasteiger partial charge in [0.1, 0.15) is 10.9 Å². The summed E-state index contributed by atoms with van der Waals surface area (Å²) in [6.45, 7) is 29.5. The Bertz CT molecular complexity index is 4990. The molecule has 0 radical (unpaired) electrons. The second-order valence-electron chi connectivity index (χ2n) is 31.8. The normalized spacial score (nSPS) is 11.8. The molecule has 0 saturated heterocycles. The molecule has 0 atom stereocenters. The highest BCUT2D eigenvalue weighted by Gasteiger charge is 2.35. The molecule has 0 fully saturated rings. The molecule has 0 heterocycles. The van der Waals surface area contributed by atoms with E-state index in [2.05, 4.69) is 460 Å². The molecule has 0 aliphatic heterocycles. The second kappa shape index (κ2) is 35.7. The smallest absolute Gasteiger partial charge is 0.0654 e. The Hall–Kier alpha value is -9.52. The summed E-state index contributed by atoms with van der Waals surface area (Å²) in [6, 6.07) is 136. The maximum absolute atomic E-state index is 2.38. The van der Waals surface area contributed by atoms with Crippen molar-refractivity contribution >= 4 is 75.9 Å². The van der Waals surface area contributed by atoms with E-state index in [-0.39, 0.29) is 65.2 Å². The number of fused-ring (bicyclic) bond motifs is 3. The first kappa shape index (κ1) is 78.1. The monoisotopic (exact) mass is 1480 g/mol. The summed E-state index contributed by atoms with van der Waals surface area (Å²) in [7, 11) is -0.418. The van der Waals surface area contributed by atoms with E-state index in [0.29, 0.717) is 0 Å². The Morgan fingerprint density at radius 3 is 0.759 bits per heavy atom. The van der Waals surface area contributed by atoms with Crippen molar-refractivity contribution in [3.8, 4) is 0 Å². The summed E-state index contributed by atoms with van der Waals surface area (Å²) in [5.41, 5.74) is 7.66. The third-order valence-corrected chi connectivity index (χ3v) is 28.6. The first-order valence-electron chi connectivity index (χ1n) is 38.2. The molecule has 15 aromatic carbocycles. The number of unbranched alkanes of at least 4 members (excludes halogenated alkanes) is 1. The van der Waals surface area contributed by atoms with Crippen molar-refractivity contribution in [2.45, 2.75) is 190 Å². The highest BCUT2D eigenvalue weighted by molar-refractivity contribution is 7.98. The molecule has 0 saturated carbocycles. The van der Waals surface area contributed by atoms with Crippen molar-refractivity contribution in [2.75, 3.05) is 0 Å². The zero-order chi connectivity index (χ0) is 75.8. The van der Waals surface area contributed by atoms with Crippen LogP contribution >= 0.6 is 0 Å². The molecule has 0 amide bonds. The summed E-state index contributed by atoms with van der Waals surface area (Å²) in [5, 5.41) is 7.81. The van der Waals surface area contributed by atoms with Crippen molar-refractivity contribution in [2.24, 2.45) is 0 Å². The van der Waals surface area contributed by atoms with E-state index in [1.807, 2.05) is 0 Å². The fourth-order valence-electron chi connectivity index (χ4n) is 13.4. The lowest BCUT2D eigenvalue weighted by Gasteiger charge is -2.21. The largest absolute Gasteiger partial charge is 0.174 e. The second-order valence-corrected chi connectivity index (χ2v) is 39.8. The van der Waals surface area contributed by atoms with E-state index in [1.165, 1.54) is 138 Å². The van der Waals surface area contributed by atoms with Crippen LogP contribution in [0.1, 0.15) is 131 Å². The van der Waals surface area contributed by atoms with Crippen molar-refractivity contribution in [1.29, 1.82) is 0 Å². The molecule has 108 heavy (non-hydrogen) atoms. The molecule has 0 aromatic heterocycles. The summed E-state index contributed by atoms with van der Waals surface area (Å²) in [6.07, 6.45) is 3.70. The third-order valence-electron chi connectivity index (χ3n) is 19.6. The molecule has 0 nitrogen and oxygen atoms in total. The Labute approximate surface area is 658 Å². The minimum absolute atomic E-state index is 0.0286. The maximum Gasteiger partial charge on any atom is 0.174 e. The molecule has 0 spiro atoms. The number of rotatable bonds is 15. The number of hydrogen-bond donors (Lipinski definition) is 0. The first-order chi connectivity index (χ1) is 52.1. The van der Waals surface area contributed by atoms with Crippen molar-refractivity contribution in [3.05, 3.63) is 398 Å². The minimum atomic E-state index is -0.220. The predicted molar refractivity (Wildman–Crippen MR) is 472 cm³/mol. The fraction of sp³-hybridized carbons (Fsp3) is 0.192. The van der Waals surface area contributed by atoms with E-state index in [1.54, 1.807) is 0 Å². The van der Waals surface area contributed by atoms with Gasteiger partial charge in [0.15, 0.2) is 58.7 Å². The van der Waals surface area contributed by atoms with Gasteiger partial charge in [-0.05, 0) is 229 Å². The average molecular weight is 1480 g/mol. The van der Waals surface area contributed by atoms with Crippen LogP contribution < -0.4 is 0 Å². The van der Waals surface area contributed by atoms with E-state index in [9.17, 15) is 0 Å². The molecule has 0 N–H and O–H groups in total. The van der Waals surface area contributed by atoms with Gasteiger partial charge in [0.2, 0.25) is 0 Å². The van der Waals surface area contributed by atoms with Crippen LogP contribution in [0.2, 0.25) is 0 Å². The van der Waals surface area contributed by atoms with Gasteiger partial charge in [0.05, 0.1) is 32.7 Å². The van der Waals surface area contributed by atoms with Crippen LogP contribution in [0.4, 0.5) is 0 Å². The Morgan fingerprint density at radius 2 is 0.454 bits per heavy atom. The van der Waals surface area contributed by atoms with Gasteiger partial charge in [-0.1, -0.05) is 315 Å². The van der Waals surface area contributed by atoms with Crippen LogP contribution in [0.3, 0.4) is 0 Å². The molecule has 0 bridgehead atoms. The van der Waals surface area contributed by atoms with Gasteiger partial charge in [-0.2, -0.15) is 0 Å². The minimum Gasteiger partial charge on any atom is -0.0654 e. The van der Waals surface area contributed by atoms with Crippen molar-refractivity contribution < 1.29 is 0 Å². The molecular formula is C104H106S4+4. The third kappa shape index (κ3) is 19.9. The summed E-state index contributed by atoms with van der Waals surface area (Å²) in [4.78, 5) is 16.5. The van der Waals surface area contributed by atoms with Crippen LogP contribution in [0.15, 0.2) is 429 Å². The lowest BCUT2D eigenvalue weighted by Crippen LogP contribution is -2.13. The molecule has 542 valence electrons. The van der Waals surface area contributed by atoms with Gasteiger partial charge in [0.25, 0.3) is 0 Å². The zero-order valence-electron chi connectivity index (χ0n) is 65.5. The van der Waals surface area contributed by atoms with Gasteiger partial charge in [-0.25, -0.2) is 0 Å². The molecule has 15 aromatic rings. The van der Waals surface area contributed by atoms with Crippen LogP contribution in [0.5, 0.6) is 0 Å². The van der Waals surface area contributed by atoms with Crippen molar-refractivity contribution in [3.63, 3.8) is 0 Å². The highest BCUT2D eigenvalue weighted by atomic mass is 32.2. The van der Waals surface area contributed by atoms with Crippen LogP contribution in [0.25, 0.3) is 32.3 Å². The van der Waals surface area contributed by atoms with E-state index >= 15 is 0 Å². The standard InChI is InChI=1S/C30H21S.C30H39S.2C22H23S/c1-2-12-25-21-26(20-19-22(25)9-1)31(29-17-7-13-23-10-3-5-15-27(23)29)30-18-8-14-24-11-4-6-16-28(24)30;1-28(2,3)22-10-16-25(17-11-22)31(26-18-12-23(13-19-26)29(4,5)6)27-20-14-24(15-21-27)30(7,8)9;1-22(2,3)18-14-16-21(17-15-18)23(19-10-6-4-7-11-19)20-12-8-5-9-13-20;1-2-3-10-19-15-17-22(18-16-19)23(20-11-6-4-7-12-20)21-13-8-5-9-14-21/h1-21H;10-21H,1-9H3;4-17H,1-3H3;4-9,11-18H,2-3,10H2,1H3/q4*+1. The van der Waals surface area contributed by atoms with E-state index in [0.717, 1.165) is 0 Å². The summed E-state index contributed by atoms with van der Waals surface area (Å²) in [5.74, 6) is 0. The molecule has 4 heteroatoms.